The third-order valence-corrected chi connectivity index (χ3v) is 6.50. The van der Waals surface area contributed by atoms with Crippen LogP contribution in [-0.2, 0) is 29.0 Å². The highest BCUT2D eigenvalue weighted by molar-refractivity contribution is 5.81. The number of carbonyl (C=O) groups excluding carboxylic acids is 1. The van der Waals surface area contributed by atoms with Crippen LogP contribution in [-0.4, -0.2) is 79.7 Å². The molecule has 4 heterocycles. The fourth-order valence-corrected chi connectivity index (χ4v) is 4.66. The number of fused-ring (bicyclic) bond motifs is 1. The Labute approximate surface area is 228 Å². The van der Waals surface area contributed by atoms with E-state index in [4.69, 9.17) is 14.5 Å². The van der Waals surface area contributed by atoms with Gasteiger partial charge in [0.2, 0.25) is 0 Å². The van der Waals surface area contributed by atoms with Crippen LogP contribution in [0.2, 0.25) is 0 Å². The van der Waals surface area contributed by atoms with Crippen molar-refractivity contribution in [2.45, 2.75) is 45.9 Å². The summed E-state index contributed by atoms with van der Waals surface area (Å²) in [5.74, 6) is 0.862. The van der Waals surface area contributed by atoms with Gasteiger partial charge in [0.15, 0.2) is 0 Å². The average molecular weight is 530 g/mol. The van der Waals surface area contributed by atoms with E-state index in [0.29, 0.717) is 26.1 Å². The second kappa shape index (κ2) is 11.5. The number of aromatic nitrogens is 5. The number of imidazole rings is 1. The molecule has 1 aliphatic rings. The smallest absolute Gasteiger partial charge is 0.410 e. The van der Waals surface area contributed by atoms with Crippen molar-refractivity contribution in [3.63, 3.8) is 0 Å². The van der Waals surface area contributed by atoms with Gasteiger partial charge in [0, 0.05) is 63.7 Å². The minimum atomic E-state index is -0.477. The minimum Gasteiger partial charge on any atom is -0.444 e. The number of nitrogens with zero attached hydrogens (tertiary/aromatic N) is 6. The summed E-state index contributed by atoms with van der Waals surface area (Å²) in [6, 6.07) is 12.2. The highest BCUT2D eigenvalue weighted by atomic mass is 16.6. The highest BCUT2D eigenvalue weighted by Crippen LogP contribution is 2.23. The molecule has 0 bridgehead atoms. The van der Waals surface area contributed by atoms with Gasteiger partial charge in [-0.15, -0.1) is 0 Å². The third-order valence-electron chi connectivity index (χ3n) is 6.50. The van der Waals surface area contributed by atoms with Crippen molar-refractivity contribution in [2.75, 3.05) is 33.3 Å². The van der Waals surface area contributed by atoms with Crippen LogP contribution >= 0.6 is 0 Å². The van der Waals surface area contributed by atoms with Gasteiger partial charge in [-0.05, 0) is 56.7 Å². The number of H-pyrrole nitrogens is 1. The molecule has 5 rings (SSSR count). The number of benzene rings is 1. The Bertz CT molecular complexity index is 1440. The molecule has 0 radical (unpaired) electrons. The Hall–Kier alpha value is -3.89. The molecule has 1 amide bonds. The Morgan fingerprint density at radius 2 is 1.82 bits per heavy atom. The van der Waals surface area contributed by atoms with E-state index in [9.17, 15) is 4.79 Å². The molecular weight excluding hydrogens is 494 g/mol. The maximum Gasteiger partial charge on any atom is 0.410 e. The summed E-state index contributed by atoms with van der Waals surface area (Å²) in [5, 5.41) is 0. The molecule has 10 heteroatoms. The first kappa shape index (κ1) is 26.7. The number of hydrogen-bond acceptors (Lipinski definition) is 8. The number of carbonyl (C=O) groups is 1. The molecule has 10 nitrogen and oxygen atoms in total. The van der Waals surface area contributed by atoms with E-state index in [-0.39, 0.29) is 6.09 Å². The molecule has 0 saturated carbocycles. The number of methoxy groups -OCH3 is 1. The van der Waals surface area contributed by atoms with Crippen molar-refractivity contribution < 1.29 is 14.3 Å². The van der Waals surface area contributed by atoms with Gasteiger partial charge in [-0.1, -0.05) is 6.07 Å². The molecule has 1 aliphatic heterocycles. The zero-order chi connectivity index (χ0) is 27.4. The molecule has 0 atom stereocenters. The van der Waals surface area contributed by atoms with E-state index >= 15 is 0 Å². The van der Waals surface area contributed by atoms with Gasteiger partial charge < -0.3 is 19.4 Å². The molecule has 0 unspecified atom stereocenters. The van der Waals surface area contributed by atoms with Crippen molar-refractivity contribution in [1.82, 2.24) is 34.7 Å². The summed E-state index contributed by atoms with van der Waals surface area (Å²) in [4.78, 5) is 38.0. The van der Waals surface area contributed by atoms with Crippen LogP contribution in [0.3, 0.4) is 0 Å². The van der Waals surface area contributed by atoms with Crippen LogP contribution < -0.4 is 0 Å². The fourth-order valence-electron chi connectivity index (χ4n) is 4.66. The molecule has 204 valence electrons. The first-order chi connectivity index (χ1) is 18.8. The summed E-state index contributed by atoms with van der Waals surface area (Å²) in [5.41, 5.74) is 6.20. The average Bonchev–Trinajstić information content (AvgIpc) is 3.30. The van der Waals surface area contributed by atoms with Crippen molar-refractivity contribution >= 4 is 17.1 Å². The van der Waals surface area contributed by atoms with Crippen LogP contribution in [0.5, 0.6) is 0 Å². The van der Waals surface area contributed by atoms with Gasteiger partial charge in [0.25, 0.3) is 0 Å². The quantitative estimate of drug-likeness (QED) is 0.379. The minimum absolute atomic E-state index is 0.237. The molecule has 3 aromatic heterocycles. The van der Waals surface area contributed by atoms with Gasteiger partial charge in [-0.3, -0.25) is 9.88 Å². The van der Waals surface area contributed by atoms with Crippen molar-refractivity contribution in [3.05, 3.63) is 71.7 Å². The van der Waals surface area contributed by atoms with E-state index in [2.05, 4.69) is 37.0 Å². The van der Waals surface area contributed by atoms with Gasteiger partial charge in [0.1, 0.15) is 17.8 Å². The lowest BCUT2D eigenvalue weighted by atomic mass is 10.1. The zero-order valence-corrected chi connectivity index (χ0v) is 23.0. The summed E-state index contributed by atoms with van der Waals surface area (Å²) in [7, 11) is 1.65. The van der Waals surface area contributed by atoms with Crippen LogP contribution in [0, 0.1) is 0 Å². The maximum absolute atomic E-state index is 12.3. The van der Waals surface area contributed by atoms with Crippen molar-refractivity contribution in [3.8, 4) is 11.3 Å². The first-order valence-electron chi connectivity index (χ1n) is 13.2. The third kappa shape index (κ3) is 6.96. The SMILES string of the molecule is COCc1cc(-c2ccc3nc(Cc4cc(CN5CCN(C(=O)OC(C)(C)C)CC5)ccn4)[nH]c3c2)ncn1. The standard InChI is InChI=1S/C29H35N7O3/c1-29(2,3)39-28(37)36-11-9-35(10-12-36)17-20-7-8-30-22(13-20)16-27-33-24-6-5-21(14-26(24)34-27)25-15-23(18-38-4)31-19-32-25/h5-8,13-15,19H,9-12,16-18H2,1-4H3,(H,33,34). The van der Waals surface area contributed by atoms with E-state index in [0.717, 1.165) is 59.1 Å². The number of rotatable bonds is 7. The summed E-state index contributed by atoms with van der Waals surface area (Å²) in [6.45, 7) is 9.88. The summed E-state index contributed by atoms with van der Waals surface area (Å²) in [6.07, 6.45) is 3.79. The molecule has 4 aromatic rings. The van der Waals surface area contributed by atoms with Gasteiger partial charge in [-0.2, -0.15) is 0 Å². The molecule has 39 heavy (non-hydrogen) atoms. The summed E-state index contributed by atoms with van der Waals surface area (Å²) < 4.78 is 10.7. The number of hydrogen-bond donors (Lipinski definition) is 1. The predicted octanol–water partition coefficient (Wildman–Crippen LogP) is 4.20. The highest BCUT2D eigenvalue weighted by Gasteiger charge is 2.25. The topological polar surface area (TPSA) is 109 Å². The maximum atomic E-state index is 12.3. The molecule has 0 spiro atoms. The first-order valence-corrected chi connectivity index (χ1v) is 13.2. The normalized spacial score (nSPS) is 14.6. The number of ether oxygens (including phenoxy) is 2. The van der Waals surface area contributed by atoms with Gasteiger partial charge in [0.05, 0.1) is 29.0 Å². The Morgan fingerprint density at radius 3 is 2.59 bits per heavy atom. The predicted molar refractivity (Wildman–Crippen MR) is 148 cm³/mol. The second-order valence-electron chi connectivity index (χ2n) is 10.8. The van der Waals surface area contributed by atoms with Gasteiger partial charge >= 0.3 is 6.09 Å². The van der Waals surface area contributed by atoms with Crippen LogP contribution in [0.25, 0.3) is 22.3 Å². The van der Waals surface area contributed by atoms with Crippen LogP contribution in [0.1, 0.15) is 43.5 Å². The Morgan fingerprint density at radius 1 is 1.00 bits per heavy atom. The number of piperazine rings is 1. The fraction of sp³-hybridized carbons (Fsp3) is 0.414. The number of amides is 1. The van der Waals surface area contributed by atoms with E-state index in [1.807, 2.05) is 51.2 Å². The molecule has 1 N–H and O–H groups in total. The number of aromatic amines is 1. The molecule has 0 aliphatic carbocycles. The van der Waals surface area contributed by atoms with Crippen molar-refractivity contribution in [2.24, 2.45) is 0 Å². The van der Waals surface area contributed by atoms with Crippen molar-refractivity contribution in [1.29, 1.82) is 0 Å². The summed E-state index contributed by atoms with van der Waals surface area (Å²) >= 11 is 0. The lowest BCUT2D eigenvalue weighted by molar-refractivity contribution is 0.0139. The second-order valence-corrected chi connectivity index (χ2v) is 10.8. The van der Waals surface area contributed by atoms with E-state index in [1.165, 1.54) is 5.56 Å². The van der Waals surface area contributed by atoms with Crippen LogP contribution in [0.15, 0.2) is 48.9 Å². The number of nitrogens with one attached hydrogen (secondary N) is 1. The number of pyridine rings is 1. The molecule has 1 saturated heterocycles. The zero-order valence-electron chi connectivity index (χ0n) is 23.0. The Kier molecular flexibility index (Phi) is 7.85. The van der Waals surface area contributed by atoms with Gasteiger partial charge in [-0.25, -0.2) is 19.7 Å². The van der Waals surface area contributed by atoms with E-state index in [1.54, 1.807) is 18.3 Å². The largest absolute Gasteiger partial charge is 0.444 e. The van der Waals surface area contributed by atoms with Crippen LogP contribution in [0.4, 0.5) is 4.79 Å². The lowest BCUT2D eigenvalue weighted by Gasteiger charge is -2.35. The molecular formula is C29H35N7O3. The lowest BCUT2D eigenvalue weighted by Crippen LogP contribution is -2.49. The van der Waals surface area contributed by atoms with E-state index < -0.39 is 5.60 Å². The Balaban J connectivity index is 1.21. The molecule has 1 aromatic carbocycles. The monoisotopic (exact) mass is 529 g/mol. The molecule has 1 fully saturated rings.